The SMILES string of the molecule is COCC(C)(O)C1(CN)CCC(C(C)(C)C)CC1. The Morgan fingerprint density at radius 3 is 2.06 bits per heavy atom. The van der Waals surface area contributed by atoms with Crippen molar-refractivity contribution >= 4 is 0 Å². The third-order valence-electron chi connectivity index (χ3n) is 5.13. The van der Waals surface area contributed by atoms with E-state index in [-0.39, 0.29) is 5.41 Å². The molecule has 1 atom stereocenters. The van der Waals surface area contributed by atoms with E-state index in [1.165, 1.54) is 0 Å². The molecule has 0 bridgehead atoms. The summed E-state index contributed by atoms with van der Waals surface area (Å²) in [6.07, 6.45) is 4.31. The fourth-order valence-electron chi connectivity index (χ4n) is 3.43. The van der Waals surface area contributed by atoms with Gasteiger partial charge >= 0.3 is 0 Å². The lowest BCUT2D eigenvalue weighted by Gasteiger charge is -2.50. The van der Waals surface area contributed by atoms with E-state index in [9.17, 15) is 5.11 Å². The molecule has 1 rings (SSSR count). The number of methoxy groups -OCH3 is 1. The molecule has 0 aromatic rings. The number of ether oxygens (including phenoxy) is 1. The van der Waals surface area contributed by atoms with E-state index in [0.717, 1.165) is 31.6 Å². The first-order valence-corrected chi connectivity index (χ1v) is 7.10. The maximum atomic E-state index is 10.7. The van der Waals surface area contributed by atoms with Crippen molar-refractivity contribution in [3.63, 3.8) is 0 Å². The van der Waals surface area contributed by atoms with Gasteiger partial charge in [-0.25, -0.2) is 0 Å². The van der Waals surface area contributed by atoms with Crippen molar-refractivity contribution in [3.8, 4) is 0 Å². The molecule has 18 heavy (non-hydrogen) atoms. The van der Waals surface area contributed by atoms with E-state index >= 15 is 0 Å². The Hall–Kier alpha value is -0.120. The zero-order valence-corrected chi connectivity index (χ0v) is 12.8. The summed E-state index contributed by atoms with van der Waals surface area (Å²) in [6, 6.07) is 0. The Morgan fingerprint density at radius 1 is 1.22 bits per heavy atom. The number of aliphatic hydroxyl groups is 1. The lowest BCUT2D eigenvalue weighted by Crippen LogP contribution is -2.55. The first-order chi connectivity index (χ1) is 8.18. The van der Waals surface area contributed by atoms with Crippen LogP contribution in [0.5, 0.6) is 0 Å². The average Bonchev–Trinajstić information content (AvgIpc) is 2.27. The molecule has 0 radical (unpaired) electrons. The van der Waals surface area contributed by atoms with Crippen LogP contribution in [0.3, 0.4) is 0 Å². The molecule has 0 amide bonds. The molecular formula is C15H31NO2. The van der Waals surface area contributed by atoms with Crippen LogP contribution in [0, 0.1) is 16.7 Å². The standard InChI is InChI=1S/C15H31NO2/c1-13(2,3)12-6-8-15(10-16,9-7-12)14(4,17)11-18-5/h12,17H,6-11,16H2,1-5H3. The second kappa shape index (κ2) is 5.48. The maximum Gasteiger partial charge on any atom is 0.0919 e. The lowest BCUT2D eigenvalue weighted by atomic mass is 9.58. The topological polar surface area (TPSA) is 55.5 Å². The van der Waals surface area contributed by atoms with Gasteiger partial charge < -0.3 is 15.6 Å². The zero-order chi connectivity index (χ0) is 14.0. The molecule has 0 saturated heterocycles. The molecule has 0 aromatic heterocycles. The molecule has 0 spiro atoms. The van der Waals surface area contributed by atoms with Gasteiger partial charge in [0.1, 0.15) is 0 Å². The first-order valence-electron chi connectivity index (χ1n) is 7.10. The summed E-state index contributed by atoms with van der Waals surface area (Å²) in [4.78, 5) is 0. The molecule has 3 nitrogen and oxygen atoms in total. The van der Waals surface area contributed by atoms with Crippen LogP contribution in [-0.4, -0.2) is 31.0 Å². The molecule has 3 heteroatoms. The molecule has 3 N–H and O–H groups in total. The van der Waals surface area contributed by atoms with Crippen LogP contribution in [-0.2, 0) is 4.74 Å². The first kappa shape index (κ1) is 15.9. The summed E-state index contributed by atoms with van der Waals surface area (Å²) >= 11 is 0. The maximum absolute atomic E-state index is 10.7. The van der Waals surface area contributed by atoms with Gasteiger partial charge in [0, 0.05) is 19.1 Å². The van der Waals surface area contributed by atoms with Crippen LogP contribution in [0.25, 0.3) is 0 Å². The summed E-state index contributed by atoms with van der Waals surface area (Å²) < 4.78 is 5.18. The fraction of sp³-hybridized carbons (Fsp3) is 1.00. The molecule has 1 aliphatic rings. The Balaban J connectivity index is 2.77. The molecule has 0 heterocycles. The van der Waals surface area contributed by atoms with Crippen molar-refractivity contribution in [2.75, 3.05) is 20.3 Å². The highest BCUT2D eigenvalue weighted by Crippen LogP contribution is 2.49. The van der Waals surface area contributed by atoms with E-state index in [1.54, 1.807) is 7.11 Å². The monoisotopic (exact) mass is 257 g/mol. The van der Waals surface area contributed by atoms with Gasteiger partial charge in [0.2, 0.25) is 0 Å². The lowest BCUT2D eigenvalue weighted by molar-refractivity contribution is -0.131. The van der Waals surface area contributed by atoms with Crippen molar-refractivity contribution < 1.29 is 9.84 Å². The number of hydrogen-bond donors (Lipinski definition) is 2. The summed E-state index contributed by atoms with van der Waals surface area (Å²) in [5, 5.41) is 10.7. The molecule has 0 aliphatic heterocycles. The predicted molar refractivity (Wildman–Crippen MR) is 75.4 cm³/mol. The zero-order valence-electron chi connectivity index (χ0n) is 12.8. The molecule has 108 valence electrons. The Bertz CT molecular complexity index is 260. The van der Waals surface area contributed by atoms with Gasteiger partial charge in [-0.3, -0.25) is 0 Å². The summed E-state index contributed by atoms with van der Waals surface area (Å²) in [5.74, 6) is 0.732. The minimum Gasteiger partial charge on any atom is -0.387 e. The largest absolute Gasteiger partial charge is 0.387 e. The third kappa shape index (κ3) is 3.06. The smallest absolute Gasteiger partial charge is 0.0919 e. The van der Waals surface area contributed by atoms with E-state index in [1.807, 2.05) is 6.92 Å². The van der Waals surface area contributed by atoms with Gasteiger partial charge in [-0.15, -0.1) is 0 Å². The van der Waals surface area contributed by atoms with Crippen LogP contribution < -0.4 is 5.73 Å². The van der Waals surface area contributed by atoms with Crippen LogP contribution in [0.4, 0.5) is 0 Å². The van der Waals surface area contributed by atoms with Crippen molar-refractivity contribution in [3.05, 3.63) is 0 Å². The molecule has 1 saturated carbocycles. The molecule has 1 unspecified atom stereocenters. The quantitative estimate of drug-likeness (QED) is 0.814. The van der Waals surface area contributed by atoms with E-state index in [2.05, 4.69) is 20.8 Å². The highest BCUT2D eigenvalue weighted by atomic mass is 16.5. The van der Waals surface area contributed by atoms with Crippen LogP contribution in [0.1, 0.15) is 53.4 Å². The summed E-state index contributed by atoms with van der Waals surface area (Å²) in [5.41, 5.74) is 5.35. The second-order valence-electron chi connectivity index (χ2n) is 7.33. The van der Waals surface area contributed by atoms with Gasteiger partial charge in [0.15, 0.2) is 0 Å². The summed E-state index contributed by atoms with van der Waals surface area (Å²) in [6.45, 7) is 9.70. The highest BCUT2D eigenvalue weighted by molar-refractivity contribution is 5.00. The van der Waals surface area contributed by atoms with Crippen LogP contribution in [0.2, 0.25) is 0 Å². The molecule has 1 fully saturated rings. The average molecular weight is 257 g/mol. The van der Waals surface area contributed by atoms with E-state index in [0.29, 0.717) is 18.6 Å². The van der Waals surface area contributed by atoms with Gasteiger partial charge in [0.05, 0.1) is 12.2 Å². The van der Waals surface area contributed by atoms with Gasteiger partial charge in [-0.2, -0.15) is 0 Å². The van der Waals surface area contributed by atoms with Crippen LogP contribution >= 0.6 is 0 Å². The normalized spacial score (nSPS) is 33.2. The number of nitrogens with two attached hydrogens (primary N) is 1. The predicted octanol–water partition coefficient (Wildman–Crippen LogP) is 2.57. The minimum atomic E-state index is -0.820. The second-order valence-corrected chi connectivity index (χ2v) is 7.33. The van der Waals surface area contributed by atoms with Crippen molar-refractivity contribution in [1.29, 1.82) is 0 Å². The number of hydrogen-bond acceptors (Lipinski definition) is 3. The fourth-order valence-corrected chi connectivity index (χ4v) is 3.43. The van der Waals surface area contributed by atoms with Gasteiger partial charge in [-0.05, 0) is 43.9 Å². The van der Waals surface area contributed by atoms with E-state index < -0.39 is 5.60 Å². The van der Waals surface area contributed by atoms with Crippen molar-refractivity contribution in [2.45, 2.75) is 59.0 Å². The Kier molecular flexibility index (Phi) is 4.85. The van der Waals surface area contributed by atoms with E-state index in [4.69, 9.17) is 10.5 Å². The van der Waals surface area contributed by atoms with Gasteiger partial charge in [-0.1, -0.05) is 20.8 Å². The van der Waals surface area contributed by atoms with Crippen molar-refractivity contribution in [2.24, 2.45) is 22.5 Å². The van der Waals surface area contributed by atoms with Crippen LogP contribution in [0.15, 0.2) is 0 Å². The number of rotatable bonds is 4. The molecular weight excluding hydrogens is 226 g/mol. The Morgan fingerprint density at radius 2 is 1.72 bits per heavy atom. The van der Waals surface area contributed by atoms with Gasteiger partial charge in [0.25, 0.3) is 0 Å². The third-order valence-corrected chi connectivity index (χ3v) is 5.13. The highest BCUT2D eigenvalue weighted by Gasteiger charge is 2.49. The Labute approximate surface area is 112 Å². The molecule has 0 aromatic carbocycles. The minimum absolute atomic E-state index is 0.176. The van der Waals surface area contributed by atoms with Crippen molar-refractivity contribution in [1.82, 2.24) is 0 Å². The molecule has 1 aliphatic carbocycles. The summed E-state index contributed by atoms with van der Waals surface area (Å²) in [7, 11) is 1.64.